The largest absolute Gasteiger partial charge is 0.452 e. The van der Waals surface area contributed by atoms with E-state index in [0.29, 0.717) is 38.3 Å². The van der Waals surface area contributed by atoms with Crippen LogP contribution in [0.4, 0.5) is 11.4 Å². The van der Waals surface area contributed by atoms with Gasteiger partial charge in [-0.25, -0.2) is 14.4 Å². The predicted octanol–water partition coefficient (Wildman–Crippen LogP) is 2.01. The van der Waals surface area contributed by atoms with Crippen molar-refractivity contribution in [3.8, 4) is 11.5 Å². The highest BCUT2D eigenvalue weighted by molar-refractivity contribution is 7.86. The van der Waals surface area contributed by atoms with Gasteiger partial charge in [-0.15, -0.1) is 5.06 Å². The van der Waals surface area contributed by atoms with Gasteiger partial charge in [0.1, 0.15) is 17.6 Å². The van der Waals surface area contributed by atoms with Crippen molar-refractivity contribution in [1.29, 1.82) is 0 Å². The summed E-state index contributed by atoms with van der Waals surface area (Å²) < 4.78 is 109. The van der Waals surface area contributed by atoms with Gasteiger partial charge in [0, 0.05) is 66.9 Å². The van der Waals surface area contributed by atoms with Gasteiger partial charge in [0.25, 0.3) is 42.2 Å². The van der Waals surface area contributed by atoms with Crippen molar-refractivity contribution in [2.75, 3.05) is 35.2 Å². The molecule has 1 fully saturated rings. The molecule has 0 saturated carbocycles. The van der Waals surface area contributed by atoms with Crippen molar-refractivity contribution in [3.63, 3.8) is 0 Å². The fourth-order valence-corrected chi connectivity index (χ4v) is 10.5. The first-order valence-electron chi connectivity index (χ1n) is 18.0. The van der Waals surface area contributed by atoms with Gasteiger partial charge < -0.3 is 14.5 Å². The SMILES string of the molecule is CC1(C)CC(CS(=O)(=O)O)c2cc3c(cc2N1CCCS(=O)(=O)O)Oc1cc2c(cc1=N3)C(CS(=O)(=O)O)CC(C)(C)[N+]=2CCCC(=O)ON1C(=O)CCC1=O. The Morgan fingerprint density at radius 2 is 1.48 bits per heavy atom. The predicted molar refractivity (Wildman–Crippen MR) is 200 cm³/mol. The van der Waals surface area contributed by atoms with Gasteiger partial charge in [-0.3, -0.25) is 23.2 Å². The lowest BCUT2D eigenvalue weighted by molar-refractivity contribution is -0.197. The van der Waals surface area contributed by atoms with Crippen LogP contribution in [-0.4, -0.2) is 103 Å². The molecular weight excluding hydrogens is 797 g/mol. The Balaban J connectivity index is 1.42. The number of carbonyl (C=O) groups excluding carboxylic acids is 3. The number of nitrogens with zero attached hydrogens (tertiary/aromatic N) is 4. The molecule has 0 radical (unpaired) electrons. The van der Waals surface area contributed by atoms with Crippen LogP contribution in [0.5, 0.6) is 11.5 Å². The number of ether oxygens (including phenoxy) is 1. The van der Waals surface area contributed by atoms with Crippen molar-refractivity contribution in [2.45, 2.75) is 95.6 Å². The van der Waals surface area contributed by atoms with E-state index in [-0.39, 0.29) is 69.5 Å². The van der Waals surface area contributed by atoms with Gasteiger partial charge in [0.2, 0.25) is 5.36 Å². The van der Waals surface area contributed by atoms with E-state index in [2.05, 4.69) is 0 Å². The van der Waals surface area contributed by atoms with Crippen LogP contribution in [0.25, 0.3) is 0 Å². The summed E-state index contributed by atoms with van der Waals surface area (Å²) in [4.78, 5) is 48.2. The molecule has 1 saturated heterocycles. The van der Waals surface area contributed by atoms with Crippen molar-refractivity contribution in [2.24, 2.45) is 4.99 Å². The average Bonchev–Trinajstić information content (AvgIpc) is 3.35. The Labute approximate surface area is 324 Å². The molecule has 3 N–H and O–H groups in total. The third kappa shape index (κ3) is 9.23. The molecular formula is C35H45N4O14S3+. The normalized spacial score (nSPS) is 21.4. The highest BCUT2D eigenvalue weighted by atomic mass is 32.2. The summed E-state index contributed by atoms with van der Waals surface area (Å²) in [6, 6.07) is 6.70. The molecule has 0 spiro atoms. The summed E-state index contributed by atoms with van der Waals surface area (Å²) in [6.45, 7) is 7.93. The number of anilines is 1. The van der Waals surface area contributed by atoms with E-state index in [0.717, 1.165) is 0 Å². The summed E-state index contributed by atoms with van der Waals surface area (Å²) in [5.41, 5.74) is 0.485. The minimum absolute atomic E-state index is 0.0386. The number of amides is 2. The van der Waals surface area contributed by atoms with Gasteiger partial charge in [0.15, 0.2) is 17.0 Å². The molecule has 2 aromatic carbocycles. The highest BCUT2D eigenvalue weighted by Crippen LogP contribution is 2.49. The minimum atomic E-state index is -4.44. The molecule has 21 heteroatoms. The molecule has 6 rings (SSSR count). The third-order valence-corrected chi connectivity index (χ3v) is 13.1. The van der Waals surface area contributed by atoms with E-state index in [1.54, 1.807) is 24.3 Å². The molecule has 2 amide bonds. The van der Waals surface area contributed by atoms with Gasteiger partial charge in [-0.1, -0.05) is 0 Å². The van der Waals surface area contributed by atoms with Crippen molar-refractivity contribution >= 4 is 59.5 Å². The molecule has 0 bridgehead atoms. The molecule has 4 aliphatic heterocycles. The first kappa shape index (κ1) is 41.6. The van der Waals surface area contributed by atoms with Crippen LogP contribution in [0.3, 0.4) is 0 Å². The first-order valence-corrected chi connectivity index (χ1v) is 22.9. The Morgan fingerprint density at radius 1 is 0.857 bits per heavy atom. The lowest BCUT2D eigenvalue weighted by atomic mass is 9.79. The van der Waals surface area contributed by atoms with Crippen LogP contribution < -0.4 is 24.9 Å². The number of benzene rings is 2. The molecule has 0 aliphatic carbocycles. The van der Waals surface area contributed by atoms with E-state index in [4.69, 9.17) is 14.6 Å². The number of imide groups is 1. The van der Waals surface area contributed by atoms with Crippen LogP contribution in [0.2, 0.25) is 0 Å². The highest BCUT2D eigenvalue weighted by Gasteiger charge is 2.44. The molecule has 306 valence electrons. The Kier molecular flexibility index (Phi) is 10.9. The smallest absolute Gasteiger partial charge is 0.333 e. The van der Waals surface area contributed by atoms with E-state index in [9.17, 15) is 53.3 Å². The zero-order valence-corrected chi connectivity index (χ0v) is 33.7. The third-order valence-electron chi connectivity index (χ3n) is 10.7. The van der Waals surface area contributed by atoms with Gasteiger partial charge in [-0.05, 0) is 58.2 Å². The summed E-state index contributed by atoms with van der Waals surface area (Å²) in [5.74, 6) is -4.40. The number of hydrogen-bond acceptors (Lipinski definition) is 13. The maximum absolute atomic E-state index is 12.6. The summed E-state index contributed by atoms with van der Waals surface area (Å²) in [7, 11) is -13.1. The van der Waals surface area contributed by atoms with E-state index < -0.39 is 88.3 Å². The monoisotopic (exact) mass is 841 g/mol. The molecule has 18 nitrogen and oxygen atoms in total. The van der Waals surface area contributed by atoms with Crippen LogP contribution in [0.1, 0.15) is 95.6 Å². The second-order valence-corrected chi connectivity index (χ2v) is 20.6. The first-order chi connectivity index (χ1) is 25.8. The number of hydroxylamine groups is 2. The summed E-state index contributed by atoms with van der Waals surface area (Å²) >= 11 is 0. The van der Waals surface area contributed by atoms with Crippen molar-refractivity contribution in [1.82, 2.24) is 9.64 Å². The van der Waals surface area contributed by atoms with Crippen LogP contribution >= 0.6 is 0 Å². The molecule has 2 unspecified atom stereocenters. The topological polar surface area (TPSA) is 255 Å². The van der Waals surface area contributed by atoms with Crippen LogP contribution in [-0.2, 0) is 49.6 Å². The van der Waals surface area contributed by atoms with Crippen LogP contribution in [0.15, 0.2) is 29.3 Å². The number of rotatable bonds is 13. The molecule has 56 heavy (non-hydrogen) atoms. The summed E-state index contributed by atoms with van der Waals surface area (Å²) in [6.07, 6.45) is 0.622. The van der Waals surface area contributed by atoms with Gasteiger partial charge >= 0.3 is 5.97 Å². The molecule has 0 aromatic heterocycles. The number of carbonyl (C=O) groups is 3. The van der Waals surface area contributed by atoms with Gasteiger partial charge in [0.05, 0.1) is 29.7 Å². The maximum atomic E-state index is 12.6. The lowest BCUT2D eigenvalue weighted by Gasteiger charge is -2.48. The molecule has 4 aliphatic rings. The Hall–Kier alpha value is -4.02. The zero-order chi connectivity index (χ0) is 41.2. The maximum Gasteiger partial charge on any atom is 0.333 e. The molecule has 2 aromatic rings. The zero-order valence-electron chi connectivity index (χ0n) is 31.3. The van der Waals surface area contributed by atoms with E-state index in [1.165, 1.54) is 0 Å². The second kappa shape index (κ2) is 14.7. The Bertz CT molecular complexity index is 2450. The van der Waals surface area contributed by atoms with Gasteiger partial charge in [-0.2, -0.15) is 25.3 Å². The Morgan fingerprint density at radius 3 is 2.09 bits per heavy atom. The quantitative estimate of drug-likeness (QED) is 0.126. The second-order valence-electron chi connectivity index (χ2n) is 16.0. The standard InChI is InChI=1S/C35H44N4O14S3/c1-34(2)17-21(19-55(46,47)48)23-13-25-29(15-27(23)37(34)10-5-7-33(42)53-39-31(40)8-9-32(39)41)52-30-16-28-24(14-26(30)36-25)22(20-56(49,50)51)18-35(3,4)38(28)11-6-12-54(43,44)45/h13-16,21-22H,5-12,17-20H2,1-4H3,(H2-,43,44,45,46,47,48,49,50,51)/p+1. The van der Waals surface area contributed by atoms with Crippen LogP contribution in [0, 0.1) is 0 Å². The van der Waals surface area contributed by atoms with Crippen molar-refractivity contribution < 1.29 is 62.9 Å². The molecule has 4 heterocycles. The van der Waals surface area contributed by atoms with E-state index in [1.807, 2.05) is 37.2 Å². The number of hydrogen-bond donors (Lipinski definition) is 3. The van der Waals surface area contributed by atoms with E-state index >= 15 is 0 Å². The fourth-order valence-electron chi connectivity index (χ4n) is 8.40. The average molecular weight is 842 g/mol. The fraction of sp³-hybridized carbons (Fsp3) is 0.571. The number of fused-ring (bicyclic) bond motifs is 4. The van der Waals surface area contributed by atoms with Crippen molar-refractivity contribution in [3.05, 3.63) is 46.1 Å². The lowest BCUT2D eigenvalue weighted by Crippen LogP contribution is -2.54. The minimum Gasteiger partial charge on any atom is -0.452 e. The summed E-state index contributed by atoms with van der Waals surface area (Å²) in [5, 5.41) is 1.37. The molecule has 2 atom stereocenters.